The van der Waals surface area contributed by atoms with Crippen molar-refractivity contribution in [2.24, 2.45) is 0 Å². The molecule has 3 heterocycles. The van der Waals surface area contributed by atoms with Crippen molar-refractivity contribution in [1.82, 2.24) is 20.3 Å². The van der Waals surface area contributed by atoms with Gasteiger partial charge in [-0.2, -0.15) is 0 Å². The molecule has 0 fully saturated rings. The van der Waals surface area contributed by atoms with E-state index in [1.54, 1.807) is 6.20 Å². The average molecular weight is 412 g/mol. The summed E-state index contributed by atoms with van der Waals surface area (Å²) in [6.07, 6.45) is 5.39. The Morgan fingerprint density at radius 2 is 1.87 bits per heavy atom. The summed E-state index contributed by atoms with van der Waals surface area (Å²) in [5.41, 5.74) is 4.44. The van der Waals surface area contributed by atoms with Crippen LogP contribution in [0.15, 0.2) is 67.1 Å². The van der Waals surface area contributed by atoms with Gasteiger partial charge in [-0.25, -0.2) is 9.97 Å². The third-order valence-electron chi connectivity index (χ3n) is 5.36. The van der Waals surface area contributed by atoms with Gasteiger partial charge in [-0.1, -0.05) is 18.2 Å². The molecule has 31 heavy (non-hydrogen) atoms. The third-order valence-corrected chi connectivity index (χ3v) is 5.36. The molecule has 2 aromatic heterocycles. The number of amides is 1. The standard InChI is InChI=1S/C24H20N4O3/c1-30-24-26-13-18(14-27-24)23(29)28-21-8-10-31-22-7-5-16(12-19(21)22)15-4-6-20-17(11-15)3-2-9-25-20/h2-7,9,11-14,21H,8,10H2,1H3,(H,28,29). The Kier molecular flexibility index (Phi) is 4.92. The fourth-order valence-corrected chi connectivity index (χ4v) is 3.76. The molecule has 4 aromatic rings. The van der Waals surface area contributed by atoms with Crippen LogP contribution in [0.25, 0.3) is 22.0 Å². The summed E-state index contributed by atoms with van der Waals surface area (Å²) in [7, 11) is 1.48. The summed E-state index contributed by atoms with van der Waals surface area (Å²) >= 11 is 0. The number of nitrogens with zero attached hydrogens (tertiary/aromatic N) is 3. The summed E-state index contributed by atoms with van der Waals surface area (Å²) in [4.78, 5) is 25.1. The van der Waals surface area contributed by atoms with Crippen LogP contribution in [0.1, 0.15) is 28.4 Å². The van der Waals surface area contributed by atoms with E-state index in [2.05, 4.69) is 38.5 Å². The fraction of sp³-hybridized carbons (Fsp3) is 0.167. The van der Waals surface area contributed by atoms with Gasteiger partial charge in [0.2, 0.25) is 0 Å². The molecule has 1 aliphatic heterocycles. The van der Waals surface area contributed by atoms with Gasteiger partial charge in [-0.3, -0.25) is 9.78 Å². The zero-order chi connectivity index (χ0) is 21.2. The van der Waals surface area contributed by atoms with Crippen LogP contribution in [0.3, 0.4) is 0 Å². The molecule has 7 heteroatoms. The number of hydrogen-bond acceptors (Lipinski definition) is 6. The molecular formula is C24H20N4O3. The summed E-state index contributed by atoms with van der Waals surface area (Å²) in [5.74, 6) is 0.552. The van der Waals surface area contributed by atoms with Gasteiger partial charge in [-0.05, 0) is 41.5 Å². The number of carbonyl (C=O) groups is 1. The molecule has 0 saturated carbocycles. The number of ether oxygens (including phenoxy) is 2. The van der Waals surface area contributed by atoms with Crippen LogP contribution in [-0.4, -0.2) is 34.6 Å². The fourth-order valence-electron chi connectivity index (χ4n) is 3.76. The molecule has 1 unspecified atom stereocenters. The highest BCUT2D eigenvalue weighted by atomic mass is 16.5. The average Bonchev–Trinajstić information content (AvgIpc) is 2.83. The van der Waals surface area contributed by atoms with E-state index in [0.29, 0.717) is 18.6 Å². The lowest BCUT2D eigenvalue weighted by atomic mass is 9.94. The number of pyridine rings is 1. The Balaban J connectivity index is 1.44. The smallest absolute Gasteiger partial charge is 0.316 e. The Morgan fingerprint density at radius 3 is 2.71 bits per heavy atom. The van der Waals surface area contributed by atoms with Gasteiger partial charge in [0.25, 0.3) is 5.91 Å². The number of aromatic nitrogens is 3. The topological polar surface area (TPSA) is 86.2 Å². The maximum Gasteiger partial charge on any atom is 0.316 e. The second kappa shape index (κ2) is 8.02. The van der Waals surface area contributed by atoms with Gasteiger partial charge < -0.3 is 14.8 Å². The number of nitrogens with one attached hydrogen (secondary N) is 1. The van der Waals surface area contributed by atoms with Crippen molar-refractivity contribution < 1.29 is 14.3 Å². The largest absolute Gasteiger partial charge is 0.493 e. The van der Waals surface area contributed by atoms with Crippen molar-refractivity contribution in [2.75, 3.05) is 13.7 Å². The van der Waals surface area contributed by atoms with E-state index < -0.39 is 0 Å². The van der Waals surface area contributed by atoms with E-state index in [1.165, 1.54) is 19.5 Å². The van der Waals surface area contributed by atoms with Gasteiger partial charge in [0.05, 0.1) is 30.8 Å². The van der Waals surface area contributed by atoms with Crippen LogP contribution in [-0.2, 0) is 0 Å². The number of fused-ring (bicyclic) bond motifs is 2. The molecule has 5 rings (SSSR count). The number of carbonyl (C=O) groups excluding carboxylic acids is 1. The minimum absolute atomic E-state index is 0.166. The van der Waals surface area contributed by atoms with E-state index >= 15 is 0 Å². The molecule has 7 nitrogen and oxygen atoms in total. The summed E-state index contributed by atoms with van der Waals surface area (Å²) in [6, 6.07) is 16.3. The SMILES string of the molecule is COc1ncc(C(=O)NC2CCOc3ccc(-c4ccc5ncccc5c4)cc32)cn1. The minimum atomic E-state index is -0.234. The van der Waals surface area contributed by atoms with Gasteiger partial charge in [0.15, 0.2) is 0 Å². The molecule has 2 aromatic carbocycles. The molecule has 154 valence electrons. The van der Waals surface area contributed by atoms with Crippen LogP contribution in [0, 0.1) is 0 Å². The van der Waals surface area contributed by atoms with E-state index in [1.807, 2.05) is 30.3 Å². The second-order valence-electron chi connectivity index (χ2n) is 7.29. The van der Waals surface area contributed by atoms with Crippen molar-refractivity contribution in [3.05, 3.63) is 78.2 Å². The molecule has 0 saturated heterocycles. The number of benzene rings is 2. The van der Waals surface area contributed by atoms with Crippen molar-refractivity contribution in [1.29, 1.82) is 0 Å². The highest BCUT2D eigenvalue weighted by molar-refractivity contribution is 5.94. The Morgan fingerprint density at radius 1 is 1.06 bits per heavy atom. The molecule has 1 amide bonds. The molecule has 1 aliphatic rings. The maximum atomic E-state index is 12.7. The monoisotopic (exact) mass is 412 g/mol. The van der Waals surface area contributed by atoms with Crippen LogP contribution < -0.4 is 14.8 Å². The second-order valence-corrected chi connectivity index (χ2v) is 7.29. The van der Waals surface area contributed by atoms with Crippen molar-refractivity contribution in [3.63, 3.8) is 0 Å². The first-order valence-electron chi connectivity index (χ1n) is 10.00. The van der Waals surface area contributed by atoms with Gasteiger partial charge in [0, 0.05) is 36.0 Å². The third kappa shape index (κ3) is 3.77. The van der Waals surface area contributed by atoms with Crippen LogP contribution in [0.2, 0.25) is 0 Å². The Hall–Kier alpha value is -4.00. The first kappa shape index (κ1) is 19.0. The lowest BCUT2D eigenvalue weighted by Gasteiger charge is -2.27. The molecule has 0 aliphatic carbocycles. The molecule has 1 atom stereocenters. The first-order valence-corrected chi connectivity index (χ1v) is 10.00. The summed E-state index contributed by atoms with van der Waals surface area (Å²) in [5, 5.41) is 4.17. The number of methoxy groups -OCH3 is 1. The number of rotatable bonds is 4. The molecule has 0 spiro atoms. The zero-order valence-corrected chi connectivity index (χ0v) is 16.9. The van der Waals surface area contributed by atoms with Crippen molar-refractivity contribution in [3.8, 4) is 22.9 Å². The highest BCUT2D eigenvalue weighted by Crippen LogP contribution is 2.36. The van der Waals surface area contributed by atoms with Gasteiger partial charge in [0.1, 0.15) is 5.75 Å². The normalized spacial score (nSPS) is 15.1. The van der Waals surface area contributed by atoms with Crippen LogP contribution in [0.5, 0.6) is 11.8 Å². The predicted molar refractivity (Wildman–Crippen MR) is 116 cm³/mol. The first-order chi connectivity index (χ1) is 15.2. The molecule has 1 N–H and O–H groups in total. The molecule has 0 radical (unpaired) electrons. The zero-order valence-electron chi connectivity index (χ0n) is 16.9. The quantitative estimate of drug-likeness (QED) is 0.546. The summed E-state index contributed by atoms with van der Waals surface area (Å²) in [6.45, 7) is 0.540. The lowest BCUT2D eigenvalue weighted by Crippen LogP contribution is -2.32. The maximum absolute atomic E-state index is 12.7. The lowest BCUT2D eigenvalue weighted by molar-refractivity contribution is 0.0924. The van der Waals surface area contributed by atoms with Crippen LogP contribution >= 0.6 is 0 Å². The Bertz CT molecular complexity index is 1260. The van der Waals surface area contributed by atoms with Crippen LogP contribution in [0.4, 0.5) is 0 Å². The number of hydrogen-bond donors (Lipinski definition) is 1. The highest BCUT2D eigenvalue weighted by Gasteiger charge is 2.24. The Labute approximate surface area is 179 Å². The van der Waals surface area contributed by atoms with Crippen molar-refractivity contribution in [2.45, 2.75) is 12.5 Å². The minimum Gasteiger partial charge on any atom is -0.493 e. The van der Waals surface area contributed by atoms with E-state index in [4.69, 9.17) is 9.47 Å². The van der Waals surface area contributed by atoms with E-state index in [-0.39, 0.29) is 18.0 Å². The van der Waals surface area contributed by atoms with E-state index in [0.717, 1.165) is 33.3 Å². The predicted octanol–water partition coefficient (Wildman–Crippen LogP) is 3.95. The summed E-state index contributed by atoms with van der Waals surface area (Å²) < 4.78 is 10.8. The van der Waals surface area contributed by atoms with Crippen molar-refractivity contribution >= 4 is 16.8 Å². The van der Waals surface area contributed by atoms with Gasteiger partial charge >= 0.3 is 6.01 Å². The van der Waals surface area contributed by atoms with E-state index in [9.17, 15) is 4.79 Å². The van der Waals surface area contributed by atoms with Gasteiger partial charge in [-0.15, -0.1) is 0 Å². The molecular weight excluding hydrogens is 392 g/mol. The molecule has 0 bridgehead atoms.